The van der Waals surface area contributed by atoms with E-state index in [-0.39, 0.29) is 0 Å². The summed E-state index contributed by atoms with van der Waals surface area (Å²) >= 11 is 0. The highest BCUT2D eigenvalue weighted by Crippen LogP contribution is 1.86. The van der Waals surface area contributed by atoms with Gasteiger partial charge in [0.05, 0.1) is 0 Å². The molecular weight excluding hydrogens is 122 g/mol. The summed E-state index contributed by atoms with van der Waals surface area (Å²) in [7, 11) is 0. The SMILES string of the molecule is N#C/C(N)=C(/N)C(=O)O. The minimum absolute atomic E-state index is 0.470. The number of hydrogen-bond acceptors (Lipinski definition) is 4. The fraction of sp³-hybridized carbons (Fsp3) is 0. The van der Waals surface area contributed by atoms with Crippen LogP contribution in [0.15, 0.2) is 11.4 Å². The molecule has 0 rings (SSSR count). The zero-order chi connectivity index (χ0) is 7.44. The summed E-state index contributed by atoms with van der Waals surface area (Å²) < 4.78 is 0. The molecule has 0 bridgehead atoms. The topological polar surface area (TPSA) is 113 Å². The van der Waals surface area contributed by atoms with Crippen LogP contribution in [0.4, 0.5) is 0 Å². The Morgan fingerprint density at radius 1 is 1.56 bits per heavy atom. The Kier molecular flexibility index (Phi) is 2.08. The van der Waals surface area contributed by atoms with E-state index in [4.69, 9.17) is 21.8 Å². The first-order valence-electron chi connectivity index (χ1n) is 1.98. The van der Waals surface area contributed by atoms with Crippen LogP contribution in [-0.4, -0.2) is 11.1 Å². The minimum Gasteiger partial charge on any atom is -0.477 e. The number of allylic oxidation sites excluding steroid dienone is 1. The fourth-order valence-electron chi connectivity index (χ4n) is 0.175. The van der Waals surface area contributed by atoms with Crippen molar-refractivity contribution in [2.45, 2.75) is 0 Å². The standard InChI is InChI=1S/C4H5N3O2/c5-1-2(6)3(7)4(8)9/h6-7H2,(H,8,9)/b3-2-. The van der Waals surface area contributed by atoms with E-state index in [1.807, 2.05) is 0 Å². The third-order valence-electron chi connectivity index (χ3n) is 0.641. The lowest BCUT2D eigenvalue weighted by Crippen LogP contribution is -2.16. The van der Waals surface area contributed by atoms with Gasteiger partial charge >= 0.3 is 5.97 Å². The maximum Gasteiger partial charge on any atom is 0.354 e. The monoisotopic (exact) mass is 127 g/mol. The molecule has 0 fully saturated rings. The van der Waals surface area contributed by atoms with Crippen LogP contribution in [0.1, 0.15) is 0 Å². The molecule has 0 amide bonds. The Morgan fingerprint density at radius 2 is 2.00 bits per heavy atom. The van der Waals surface area contributed by atoms with Gasteiger partial charge in [0.15, 0.2) is 5.70 Å². The third-order valence-corrected chi connectivity index (χ3v) is 0.641. The highest BCUT2D eigenvalue weighted by atomic mass is 16.4. The molecule has 0 saturated heterocycles. The molecule has 9 heavy (non-hydrogen) atoms. The van der Waals surface area contributed by atoms with Gasteiger partial charge in [-0.3, -0.25) is 0 Å². The number of carboxylic acids is 1. The van der Waals surface area contributed by atoms with Crippen LogP contribution in [0.5, 0.6) is 0 Å². The molecule has 0 spiro atoms. The van der Waals surface area contributed by atoms with Gasteiger partial charge in [0.1, 0.15) is 11.8 Å². The number of aliphatic carboxylic acids is 1. The maximum atomic E-state index is 9.89. The number of rotatable bonds is 1. The zero-order valence-electron chi connectivity index (χ0n) is 4.46. The average Bonchev–Trinajstić information content (AvgIpc) is 1.84. The van der Waals surface area contributed by atoms with Crippen molar-refractivity contribution in [2.24, 2.45) is 11.5 Å². The Bertz CT molecular complexity index is 200. The minimum atomic E-state index is -1.38. The van der Waals surface area contributed by atoms with E-state index in [1.54, 1.807) is 0 Å². The van der Waals surface area contributed by atoms with Crippen molar-refractivity contribution in [3.05, 3.63) is 11.4 Å². The fourth-order valence-corrected chi connectivity index (χ4v) is 0.175. The molecule has 0 unspecified atom stereocenters. The van der Waals surface area contributed by atoms with Gasteiger partial charge in [-0.25, -0.2) is 4.79 Å². The van der Waals surface area contributed by atoms with E-state index in [0.29, 0.717) is 0 Å². The van der Waals surface area contributed by atoms with Crippen molar-refractivity contribution in [3.63, 3.8) is 0 Å². The van der Waals surface area contributed by atoms with Crippen LogP contribution in [0.25, 0.3) is 0 Å². The summed E-state index contributed by atoms with van der Waals surface area (Å²) in [6.45, 7) is 0. The van der Waals surface area contributed by atoms with Gasteiger partial charge in [0, 0.05) is 0 Å². The van der Waals surface area contributed by atoms with Crippen molar-refractivity contribution in [1.29, 1.82) is 5.26 Å². The highest BCUT2D eigenvalue weighted by molar-refractivity contribution is 5.86. The third kappa shape index (κ3) is 1.69. The molecule has 5 N–H and O–H groups in total. The van der Waals surface area contributed by atoms with Gasteiger partial charge in [-0.15, -0.1) is 0 Å². The van der Waals surface area contributed by atoms with Crippen molar-refractivity contribution in [2.75, 3.05) is 0 Å². The lowest BCUT2D eigenvalue weighted by Gasteiger charge is -1.90. The van der Waals surface area contributed by atoms with E-state index in [0.717, 1.165) is 0 Å². The molecule has 0 saturated carbocycles. The highest BCUT2D eigenvalue weighted by Gasteiger charge is 2.04. The molecule has 48 valence electrons. The number of nitrogens with zero attached hydrogens (tertiary/aromatic N) is 1. The second-order valence-electron chi connectivity index (χ2n) is 1.24. The summed E-state index contributed by atoms with van der Waals surface area (Å²) in [5, 5.41) is 16.0. The summed E-state index contributed by atoms with van der Waals surface area (Å²) in [6, 6.07) is 1.40. The Labute approximate surface area is 51.2 Å². The molecule has 0 aliphatic rings. The molecular formula is C4H5N3O2. The normalized spacial score (nSPS) is 11.4. The van der Waals surface area contributed by atoms with E-state index in [9.17, 15) is 4.79 Å². The van der Waals surface area contributed by atoms with E-state index in [2.05, 4.69) is 0 Å². The number of carboxylic acid groups (broad SMARTS) is 1. The van der Waals surface area contributed by atoms with Crippen LogP contribution in [0.2, 0.25) is 0 Å². The van der Waals surface area contributed by atoms with Crippen molar-refractivity contribution in [3.8, 4) is 6.07 Å². The van der Waals surface area contributed by atoms with Gasteiger partial charge in [-0.1, -0.05) is 0 Å². The molecule has 0 heterocycles. The molecule has 0 aromatic carbocycles. The molecule has 0 aromatic rings. The number of nitrogens with two attached hydrogens (primary N) is 2. The molecule has 5 nitrogen and oxygen atoms in total. The van der Waals surface area contributed by atoms with Gasteiger partial charge in [0.2, 0.25) is 0 Å². The predicted octanol–water partition coefficient (Wildman–Crippen LogP) is -1.28. The van der Waals surface area contributed by atoms with E-state index in [1.165, 1.54) is 6.07 Å². The Hall–Kier alpha value is -1.70. The predicted molar refractivity (Wildman–Crippen MR) is 28.6 cm³/mol. The molecule has 0 atom stereocenters. The Morgan fingerprint density at radius 3 is 2.11 bits per heavy atom. The quantitative estimate of drug-likeness (QED) is 0.300. The summed E-state index contributed by atoms with van der Waals surface area (Å²) in [4.78, 5) is 9.89. The summed E-state index contributed by atoms with van der Waals surface area (Å²) in [5.74, 6) is -1.38. The van der Waals surface area contributed by atoms with E-state index >= 15 is 0 Å². The van der Waals surface area contributed by atoms with E-state index < -0.39 is 17.4 Å². The van der Waals surface area contributed by atoms with Gasteiger partial charge < -0.3 is 16.6 Å². The molecule has 0 aliphatic heterocycles. The maximum absolute atomic E-state index is 9.89. The molecule has 0 aromatic heterocycles. The molecule has 0 radical (unpaired) electrons. The second-order valence-corrected chi connectivity index (χ2v) is 1.24. The average molecular weight is 127 g/mol. The summed E-state index contributed by atoms with van der Waals surface area (Å²) in [6.07, 6.45) is 0. The lowest BCUT2D eigenvalue weighted by atomic mass is 10.4. The first-order chi connectivity index (χ1) is 4.09. The smallest absolute Gasteiger partial charge is 0.354 e. The number of carbonyl (C=O) groups is 1. The van der Waals surface area contributed by atoms with Crippen molar-refractivity contribution in [1.82, 2.24) is 0 Å². The van der Waals surface area contributed by atoms with Crippen molar-refractivity contribution < 1.29 is 9.90 Å². The summed E-state index contributed by atoms with van der Waals surface area (Å²) in [5.41, 5.74) is 8.55. The first kappa shape index (κ1) is 7.30. The van der Waals surface area contributed by atoms with Gasteiger partial charge in [-0.05, 0) is 0 Å². The first-order valence-corrected chi connectivity index (χ1v) is 1.98. The van der Waals surface area contributed by atoms with Crippen molar-refractivity contribution >= 4 is 5.97 Å². The largest absolute Gasteiger partial charge is 0.477 e. The lowest BCUT2D eigenvalue weighted by molar-refractivity contribution is -0.132. The van der Waals surface area contributed by atoms with Crippen LogP contribution in [-0.2, 0) is 4.79 Å². The van der Waals surface area contributed by atoms with Crippen LogP contribution >= 0.6 is 0 Å². The van der Waals surface area contributed by atoms with Crippen LogP contribution < -0.4 is 11.5 Å². The molecule has 0 aliphatic carbocycles. The Balaban J connectivity index is 4.54. The molecule has 5 heteroatoms. The zero-order valence-corrected chi connectivity index (χ0v) is 4.46. The number of nitriles is 1. The van der Waals surface area contributed by atoms with Crippen LogP contribution in [0.3, 0.4) is 0 Å². The number of hydrogen-bond donors (Lipinski definition) is 3. The second kappa shape index (κ2) is 2.57. The van der Waals surface area contributed by atoms with Gasteiger partial charge in [0.25, 0.3) is 0 Å². The van der Waals surface area contributed by atoms with Crippen LogP contribution in [0, 0.1) is 11.3 Å². The van der Waals surface area contributed by atoms with Gasteiger partial charge in [-0.2, -0.15) is 5.26 Å².